The minimum Gasteiger partial charge on any atom is -0.378 e. The Kier molecular flexibility index (Phi) is 7.60. The molecule has 0 saturated carbocycles. The van der Waals surface area contributed by atoms with Crippen molar-refractivity contribution in [3.63, 3.8) is 0 Å². The first-order chi connectivity index (χ1) is 12.1. The predicted molar refractivity (Wildman–Crippen MR) is 107 cm³/mol. The molecule has 1 atom stereocenters. The van der Waals surface area contributed by atoms with Crippen LogP contribution in [0.15, 0.2) is 0 Å². The zero-order chi connectivity index (χ0) is 19.4. The molecule has 2 heterocycles. The Balaban J connectivity index is 1.97. The van der Waals surface area contributed by atoms with Crippen LogP contribution in [0, 0.1) is 28.6 Å². The van der Waals surface area contributed by atoms with Crippen LogP contribution in [0.25, 0.3) is 0 Å². The summed E-state index contributed by atoms with van der Waals surface area (Å²) in [4.78, 5) is 0. The molecule has 0 bridgehead atoms. The van der Waals surface area contributed by atoms with Crippen molar-refractivity contribution in [2.75, 3.05) is 37.9 Å². The summed E-state index contributed by atoms with van der Waals surface area (Å²) in [5.74, 6) is 2.35. The van der Waals surface area contributed by atoms with Crippen LogP contribution in [0.1, 0.15) is 66.7 Å². The van der Waals surface area contributed by atoms with Crippen molar-refractivity contribution in [2.45, 2.75) is 66.7 Å². The summed E-state index contributed by atoms with van der Waals surface area (Å²) >= 11 is 0. The van der Waals surface area contributed by atoms with Gasteiger partial charge in [0.2, 0.25) is 0 Å². The van der Waals surface area contributed by atoms with Gasteiger partial charge in [-0.15, -0.1) is 0 Å². The normalized spacial score (nSPS) is 26.6. The number of hydrogen-bond acceptors (Lipinski definition) is 4. The molecule has 0 aromatic heterocycles. The molecular formula is C21H40O4S. The number of sulfone groups is 1. The Morgan fingerprint density at radius 2 is 1.42 bits per heavy atom. The second-order valence-electron chi connectivity index (χ2n) is 9.46. The van der Waals surface area contributed by atoms with Gasteiger partial charge in [-0.25, -0.2) is 8.42 Å². The third-order valence-corrected chi connectivity index (χ3v) is 9.26. The fourth-order valence-corrected chi connectivity index (χ4v) is 6.62. The largest absolute Gasteiger partial charge is 0.378 e. The van der Waals surface area contributed by atoms with Crippen LogP contribution >= 0.6 is 0 Å². The fourth-order valence-electron chi connectivity index (χ4n) is 4.98. The Morgan fingerprint density at radius 3 is 1.88 bits per heavy atom. The first-order valence-electron chi connectivity index (χ1n) is 10.5. The van der Waals surface area contributed by atoms with E-state index in [9.17, 15) is 8.42 Å². The minimum atomic E-state index is -2.80. The molecule has 2 saturated heterocycles. The van der Waals surface area contributed by atoms with E-state index in [1.54, 1.807) is 0 Å². The molecule has 2 fully saturated rings. The Bertz CT molecular complexity index is 516. The van der Waals surface area contributed by atoms with E-state index in [1.165, 1.54) is 0 Å². The van der Waals surface area contributed by atoms with E-state index in [0.29, 0.717) is 42.5 Å². The summed E-state index contributed by atoms with van der Waals surface area (Å²) in [6.07, 6.45) is 5.13. The fraction of sp³-hybridized carbons (Fsp3) is 1.00. The lowest BCUT2D eigenvalue weighted by atomic mass is 9.65. The van der Waals surface area contributed by atoms with Crippen LogP contribution in [0.5, 0.6) is 0 Å². The van der Waals surface area contributed by atoms with Crippen LogP contribution < -0.4 is 0 Å². The van der Waals surface area contributed by atoms with Crippen LogP contribution in [0.3, 0.4) is 0 Å². The van der Waals surface area contributed by atoms with Crippen LogP contribution in [0.4, 0.5) is 0 Å². The molecule has 4 nitrogen and oxygen atoms in total. The molecule has 2 aliphatic rings. The zero-order valence-corrected chi connectivity index (χ0v) is 18.4. The molecule has 0 aliphatic carbocycles. The van der Waals surface area contributed by atoms with Crippen molar-refractivity contribution in [2.24, 2.45) is 28.6 Å². The Hall–Kier alpha value is -0.130. The molecule has 154 valence electrons. The van der Waals surface area contributed by atoms with Crippen molar-refractivity contribution in [3.8, 4) is 0 Å². The Labute approximate surface area is 161 Å². The van der Waals surface area contributed by atoms with E-state index >= 15 is 0 Å². The molecule has 0 amide bonds. The van der Waals surface area contributed by atoms with Crippen molar-refractivity contribution < 1.29 is 17.9 Å². The molecule has 5 heteroatoms. The highest BCUT2D eigenvalue weighted by Gasteiger charge is 2.42. The van der Waals surface area contributed by atoms with Crippen molar-refractivity contribution in [1.29, 1.82) is 0 Å². The van der Waals surface area contributed by atoms with Gasteiger partial charge in [0.05, 0.1) is 37.9 Å². The van der Waals surface area contributed by atoms with Gasteiger partial charge < -0.3 is 9.47 Å². The summed E-state index contributed by atoms with van der Waals surface area (Å²) < 4.78 is 35.5. The summed E-state index contributed by atoms with van der Waals surface area (Å²) in [5, 5.41) is 0. The lowest BCUT2D eigenvalue weighted by Gasteiger charge is -2.43. The summed E-state index contributed by atoms with van der Waals surface area (Å²) in [5.41, 5.74) is 0.296. The maximum Gasteiger partial charge on any atom is 0.150 e. The SMILES string of the molecule is CC(C)C1(CCCC(C)C2(C(C)C)COCCOC2)CCS(=O)(=O)CC1. The maximum absolute atomic E-state index is 11.9. The molecule has 2 rings (SSSR count). The lowest BCUT2D eigenvalue weighted by Crippen LogP contribution is -2.42. The quantitative estimate of drug-likeness (QED) is 0.651. The van der Waals surface area contributed by atoms with Crippen LogP contribution in [0.2, 0.25) is 0 Å². The van der Waals surface area contributed by atoms with E-state index in [1.807, 2.05) is 0 Å². The topological polar surface area (TPSA) is 52.6 Å². The lowest BCUT2D eigenvalue weighted by molar-refractivity contribution is -0.0331. The monoisotopic (exact) mass is 388 g/mol. The molecule has 1 unspecified atom stereocenters. The van der Waals surface area contributed by atoms with Gasteiger partial charge in [0.25, 0.3) is 0 Å². The number of ether oxygens (including phenoxy) is 2. The highest BCUT2D eigenvalue weighted by molar-refractivity contribution is 7.91. The van der Waals surface area contributed by atoms with Crippen molar-refractivity contribution in [3.05, 3.63) is 0 Å². The van der Waals surface area contributed by atoms with Gasteiger partial charge in [0.15, 0.2) is 0 Å². The molecule has 2 aliphatic heterocycles. The second kappa shape index (κ2) is 8.91. The summed E-state index contributed by atoms with van der Waals surface area (Å²) in [6, 6.07) is 0. The van der Waals surface area contributed by atoms with Gasteiger partial charge in [0, 0.05) is 5.41 Å². The summed E-state index contributed by atoms with van der Waals surface area (Å²) in [7, 11) is -2.80. The highest BCUT2D eigenvalue weighted by Crippen LogP contribution is 2.46. The molecule has 0 N–H and O–H groups in total. The zero-order valence-electron chi connectivity index (χ0n) is 17.6. The first-order valence-corrected chi connectivity index (χ1v) is 12.3. The molecule has 0 aromatic carbocycles. The molecule has 0 aromatic rings. The minimum absolute atomic E-state index is 0.0946. The van der Waals surface area contributed by atoms with Gasteiger partial charge in [0.1, 0.15) is 9.84 Å². The third-order valence-electron chi connectivity index (χ3n) is 7.60. The average Bonchev–Trinajstić information content (AvgIpc) is 2.83. The number of hydrogen-bond donors (Lipinski definition) is 0. The molecule has 26 heavy (non-hydrogen) atoms. The van der Waals surface area contributed by atoms with Crippen molar-refractivity contribution in [1.82, 2.24) is 0 Å². The standard InChI is InChI=1S/C21H40O4S/c1-17(2)20(9-13-26(22,23)14-10-20)8-6-7-19(5)21(18(3)4)15-24-11-12-25-16-21/h17-19H,6-16H2,1-5H3. The van der Waals surface area contributed by atoms with E-state index in [2.05, 4.69) is 34.6 Å². The maximum atomic E-state index is 11.9. The van der Waals surface area contributed by atoms with Gasteiger partial charge in [-0.2, -0.15) is 0 Å². The molecular weight excluding hydrogens is 348 g/mol. The van der Waals surface area contributed by atoms with E-state index in [0.717, 1.165) is 45.3 Å². The summed E-state index contributed by atoms with van der Waals surface area (Å²) in [6.45, 7) is 14.4. The smallest absolute Gasteiger partial charge is 0.150 e. The molecule has 0 radical (unpaired) electrons. The first kappa shape index (κ1) is 22.2. The highest BCUT2D eigenvalue weighted by atomic mass is 32.2. The van der Waals surface area contributed by atoms with E-state index in [4.69, 9.17) is 9.47 Å². The molecule has 0 spiro atoms. The predicted octanol–water partition coefficient (Wildman–Crippen LogP) is 4.33. The van der Waals surface area contributed by atoms with Gasteiger partial charge >= 0.3 is 0 Å². The van der Waals surface area contributed by atoms with Crippen LogP contribution in [-0.2, 0) is 19.3 Å². The van der Waals surface area contributed by atoms with E-state index < -0.39 is 9.84 Å². The van der Waals surface area contributed by atoms with Gasteiger partial charge in [-0.3, -0.25) is 0 Å². The van der Waals surface area contributed by atoms with Crippen molar-refractivity contribution >= 4 is 9.84 Å². The van der Waals surface area contributed by atoms with Gasteiger partial charge in [-0.05, 0) is 48.9 Å². The number of rotatable bonds is 7. The van der Waals surface area contributed by atoms with Crippen LogP contribution in [-0.4, -0.2) is 46.4 Å². The Morgan fingerprint density at radius 1 is 0.885 bits per heavy atom. The van der Waals surface area contributed by atoms with E-state index in [-0.39, 0.29) is 10.8 Å². The second-order valence-corrected chi connectivity index (χ2v) is 11.8. The average molecular weight is 389 g/mol. The van der Waals surface area contributed by atoms with Gasteiger partial charge in [-0.1, -0.05) is 41.0 Å². The third kappa shape index (κ3) is 5.02.